The first-order chi connectivity index (χ1) is 6.50. The highest BCUT2D eigenvalue weighted by Gasteiger charge is 2.24. The zero-order valence-electron chi connectivity index (χ0n) is 8.89. The molecule has 0 heterocycles. The highest BCUT2D eigenvalue weighted by Crippen LogP contribution is 2.24. The summed E-state index contributed by atoms with van der Waals surface area (Å²) >= 11 is 3.69. The van der Waals surface area contributed by atoms with Gasteiger partial charge in [-0.15, -0.1) is 0 Å². The van der Waals surface area contributed by atoms with Gasteiger partial charge in [0, 0.05) is 4.47 Å². The van der Waals surface area contributed by atoms with Crippen LogP contribution in [0, 0.1) is 0 Å². The van der Waals surface area contributed by atoms with Crippen LogP contribution >= 0.6 is 15.9 Å². The SMILES string of the molecule is C[Si](C)(C)c1c(Br)ccc2c1C=CC2. The van der Waals surface area contributed by atoms with Crippen molar-refractivity contribution in [2.75, 3.05) is 0 Å². The van der Waals surface area contributed by atoms with Crippen molar-refractivity contribution in [3.05, 3.63) is 33.8 Å². The van der Waals surface area contributed by atoms with Gasteiger partial charge in [-0.2, -0.15) is 0 Å². The van der Waals surface area contributed by atoms with Crippen LogP contribution in [0.3, 0.4) is 0 Å². The molecule has 74 valence electrons. The smallest absolute Gasteiger partial charge is 0.0795 e. The van der Waals surface area contributed by atoms with Crippen LogP contribution in [0.2, 0.25) is 19.6 Å². The lowest BCUT2D eigenvalue weighted by molar-refractivity contribution is 1.31. The Morgan fingerprint density at radius 2 is 1.93 bits per heavy atom. The van der Waals surface area contributed by atoms with Crippen molar-refractivity contribution in [1.29, 1.82) is 0 Å². The molecule has 1 aromatic rings. The fraction of sp³-hybridized carbons (Fsp3) is 0.333. The summed E-state index contributed by atoms with van der Waals surface area (Å²) in [7, 11) is -1.23. The van der Waals surface area contributed by atoms with Crippen molar-refractivity contribution in [2.45, 2.75) is 26.1 Å². The largest absolute Gasteiger partial charge is 0.0798 e. The van der Waals surface area contributed by atoms with E-state index < -0.39 is 8.07 Å². The molecule has 0 bridgehead atoms. The highest BCUT2D eigenvalue weighted by atomic mass is 79.9. The number of halogens is 1. The van der Waals surface area contributed by atoms with Gasteiger partial charge in [-0.3, -0.25) is 0 Å². The Balaban J connectivity index is 2.69. The van der Waals surface area contributed by atoms with Crippen molar-refractivity contribution in [3.8, 4) is 0 Å². The van der Waals surface area contributed by atoms with Crippen molar-refractivity contribution in [2.24, 2.45) is 0 Å². The minimum atomic E-state index is -1.23. The van der Waals surface area contributed by atoms with Crippen LogP contribution < -0.4 is 5.19 Å². The molecule has 0 aliphatic heterocycles. The third-order valence-corrected chi connectivity index (χ3v) is 5.72. The fourth-order valence-electron chi connectivity index (χ4n) is 2.07. The van der Waals surface area contributed by atoms with Crippen LogP contribution in [0.15, 0.2) is 22.7 Å². The molecule has 1 aromatic carbocycles. The number of benzene rings is 1. The number of fused-ring (bicyclic) bond motifs is 1. The van der Waals surface area contributed by atoms with Gasteiger partial charge in [-0.1, -0.05) is 53.8 Å². The molecule has 0 N–H and O–H groups in total. The van der Waals surface area contributed by atoms with Crippen LogP contribution in [-0.4, -0.2) is 8.07 Å². The lowest BCUT2D eigenvalue weighted by atomic mass is 10.1. The number of hydrogen-bond donors (Lipinski definition) is 0. The van der Waals surface area contributed by atoms with Gasteiger partial charge in [0.25, 0.3) is 0 Å². The molecule has 1 aliphatic rings. The average molecular weight is 267 g/mol. The number of hydrogen-bond acceptors (Lipinski definition) is 0. The van der Waals surface area contributed by atoms with Crippen LogP contribution in [0.4, 0.5) is 0 Å². The van der Waals surface area contributed by atoms with E-state index in [9.17, 15) is 0 Å². The average Bonchev–Trinajstić information content (AvgIpc) is 2.48. The van der Waals surface area contributed by atoms with E-state index in [0.717, 1.165) is 6.42 Å². The van der Waals surface area contributed by atoms with E-state index in [0.29, 0.717) is 0 Å². The zero-order chi connectivity index (χ0) is 10.3. The third kappa shape index (κ3) is 1.61. The first kappa shape index (κ1) is 10.2. The molecule has 0 saturated carbocycles. The molecule has 2 heteroatoms. The van der Waals surface area contributed by atoms with E-state index >= 15 is 0 Å². The summed E-state index contributed by atoms with van der Waals surface area (Å²) < 4.78 is 1.29. The van der Waals surface area contributed by atoms with Crippen molar-refractivity contribution in [3.63, 3.8) is 0 Å². The standard InChI is InChI=1S/C12H15BrSi/c1-14(2,3)12-10-6-4-5-9(10)7-8-11(12)13/h4,6-8H,5H2,1-3H3. The summed E-state index contributed by atoms with van der Waals surface area (Å²) in [5, 5.41) is 1.57. The third-order valence-electron chi connectivity index (χ3n) is 2.66. The predicted molar refractivity (Wildman–Crippen MR) is 69.9 cm³/mol. The van der Waals surface area contributed by atoms with Gasteiger partial charge >= 0.3 is 0 Å². The Morgan fingerprint density at radius 1 is 1.21 bits per heavy atom. The van der Waals surface area contributed by atoms with Gasteiger partial charge in [-0.25, -0.2) is 0 Å². The monoisotopic (exact) mass is 266 g/mol. The van der Waals surface area contributed by atoms with Crippen molar-refractivity contribution < 1.29 is 0 Å². The van der Waals surface area contributed by atoms with Crippen molar-refractivity contribution >= 4 is 35.3 Å². The molecule has 2 rings (SSSR count). The molecule has 0 fully saturated rings. The van der Waals surface area contributed by atoms with Crippen LogP contribution in [-0.2, 0) is 6.42 Å². The molecular formula is C12H15BrSi. The zero-order valence-corrected chi connectivity index (χ0v) is 11.5. The fourth-order valence-corrected chi connectivity index (χ4v) is 6.05. The summed E-state index contributed by atoms with van der Waals surface area (Å²) in [5.41, 5.74) is 2.98. The first-order valence-electron chi connectivity index (χ1n) is 4.98. The van der Waals surface area contributed by atoms with Gasteiger partial charge in [0.05, 0.1) is 8.07 Å². The summed E-state index contributed by atoms with van der Waals surface area (Å²) in [6.07, 6.45) is 5.66. The molecule has 0 atom stereocenters. The topological polar surface area (TPSA) is 0 Å². The molecule has 0 spiro atoms. The quantitative estimate of drug-likeness (QED) is 0.682. The Hall–Kier alpha value is -0.343. The van der Waals surface area contributed by atoms with Crippen LogP contribution in [0.1, 0.15) is 11.1 Å². The second-order valence-corrected chi connectivity index (χ2v) is 10.7. The predicted octanol–water partition coefficient (Wildman–Crippen LogP) is 3.56. The number of allylic oxidation sites excluding steroid dienone is 1. The molecule has 1 aliphatic carbocycles. The first-order valence-corrected chi connectivity index (χ1v) is 9.28. The van der Waals surface area contributed by atoms with E-state index in [1.165, 1.54) is 15.6 Å². The molecule has 0 radical (unpaired) electrons. The summed E-state index contributed by atoms with van der Waals surface area (Å²) in [5.74, 6) is 0. The Morgan fingerprint density at radius 3 is 2.57 bits per heavy atom. The van der Waals surface area contributed by atoms with E-state index in [1.807, 2.05) is 0 Å². The summed E-state index contributed by atoms with van der Waals surface area (Å²) in [6.45, 7) is 7.21. The molecule has 0 saturated heterocycles. The lowest BCUT2D eigenvalue weighted by Gasteiger charge is -2.22. The maximum absolute atomic E-state index is 3.69. The second kappa shape index (κ2) is 3.35. The Labute approximate surface area is 95.2 Å². The molecule has 0 nitrogen and oxygen atoms in total. The molecular weight excluding hydrogens is 252 g/mol. The minimum absolute atomic E-state index is 1.11. The van der Waals surface area contributed by atoms with Gasteiger partial charge in [-0.05, 0) is 28.8 Å². The van der Waals surface area contributed by atoms with Crippen molar-refractivity contribution in [1.82, 2.24) is 0 Å². The maximum Gasteiger partial charge on any atom is 0.0798 e. The minimum Gasteiger partial charge on any atom is -0.0795 e. The molecule has 14 heavy (non-hydrogen) atoms. The second-order valence-electron chi connectivity index (χ2n) is 4.85. The molecule has 0 aromatic heterocycles. The normalized spacial score (nSPS) is 14.6. The van der Waals surface area contributed by atoms with Crippen LogP contribution in [0.5, 0.6) is 0 Å². The van der Waals surface area contributed by atoms with E-state index in [-0.39, 0.29) is 0 Å². The van der Waals surface area contributed by atoms with Gasteiger partial charge in [0.1, 0.15) is 0 Å². The lowest BCUT2D eigenvalue weighted by Crippen LogP contribution is -2.40. The Bertz CT molecular complexity index is 400. The Kier molecular flexibility index (Phi) is 2.44. The van der Waals surface area contributed by atoms with Gasteiger partial charge in [0.15, 0.2) is 0 Å². The van der Waals surface area contributed by atoms with E-state index in [2.05, 4.69) is 59.9 Å². The van der Waals surface area contributed by atoms with Crippen LogP contribution in [0.25, 0.3) is 6.08 Å². The maximum atomic E-state index is 3.69. The van der Waals surface area contributed by atoms with Gasteiger partial charge < -0.3 is 0 Å². The number of rotatable bonds is 1. The van der Waals surface area contributed by atoms with Gasteiger partial charge in [0.2, 0.25) is 0 Å². The summed E-state index contributed by atoms with van der Waals surface area (Å²) in [6, 6.07) is 4.45. The summed E-state index contributed by atoms with van der Waals surface area (Å²) in [4.78, 5) is 0. The molecule has 0 unspecified atom stereocenters. The van der Waals surface area contributed by atoms with E-state index in [4.69, 9.17) is 0 Å². The van der Waals surface area contributed by atoms with E-state index in [1.54, 1.807) is 5.19 Å². The molecule has 0 amide bonds. The highest BCUT2D eigenvalue weighted by molar-refractivity contribution is 9.10.